The summed E-state index contributed by atoms with van der Waals surface area (Å²) in [4.78, 5) is 25.5. The summed E-state index contributed by atoms with van der Waals surface area (Å²) in [5.41, 5.74) is 1.04. The van der Waals surface area contributed by atoms with Gasteiger partial charge in [0, 0.05) is 6.04 Å². The van der Waals surface area contributed by atoms with Crippen molar-refractivity contribution >= 4 is 33.2 Å². The Morgan fingerprint density at radius 3 is 2.53 bits per heavy atom. The Morgan fingerprint density at radius 1 is 1.17 bits per heavy atom. The highest BCUT2D eigenvalue weighted by Gasteiger charge is 2.35. The van der Waals surface area contributed by atoms with Gasteiger partial charge in [-0.1, -0.05) is 31.2 Å². The van der Waals surface area contributed by atoms with Crippen LogP contribution < -0.4 is 19.7 Å². The van der Waals surface area contributed by atoms with Crippen LogP contribution in [-0.4, -0.2) is 45.2 Å². The number of ether oxygens (including phenoxy) is 1. The number of hydrogen-bond donors (Lipinski definition) is 2. The fourth-order valence-corrected chi connectivity index (χ4v) is 3.97. The minimum absolute atomic E-state index is 0.0113. The number of amides is 2. The van der Waals surface area contributed by atoms with Gasteiger partial charge in [0.15, 0.2) is 6.10 Å². The molecule has 30 heavy (non-hydrogen) atoms. The number of anilines is 2. The van der Waals surface area contributed by atoms with Gasteiger partial charge in [0.05, 0.1) is 29.7 Å². The van der Waals surface area contributed by atoms with Crippen LogP contribution in [0.15, 0.2) is 48.5 Å². The van der Waals surface area contributed by atoms with Gasteiger partial charge in [-0.2, -0.15) is 0 Å². The minimum Gasteiger partial charge on any atom is -0.476 e. The first kappa shape index (κ1) is 21.6. The van der Waals surface area contributed by atoms with Crippen molar-refractivity contribution in [3.63, 3.8) is 0 Å². The van der Waals surface area contributed by atoms with Gasteiger partial charge in [0.25, 0.3) is 11.8 Å². The van der Waals surface area contributed by atoms with Gasteiger partial charge in [0.2, 0.25) is 10.0 Å². The van der Waals surface area contributed by atoms with Crippen molar-refractivity contribution < 1.29 is 22.7 Å². The molecule has 0 bridgehead atoms. The molecule has 0 spiro atoms. The molecule has 1 aliphatic heterocycles. The summed E-state index contributed by atoms with van der Waals surface area (Å²) in [5.74, 6) is -0.535. The molecule has 8 nitrogen and oxygen atoms in total. The normalized spacial score (nSPS) is 16.8. The molecular formula is C21H25N3O5S. The zero-order valence-corrected chi connectivity index (χ0v) is 17.9. The highest BCUT2D eigenvalue weighted by molar-refractivity contribution is 7.92. The molecule has 2 aromatic carbocycles. The van der Waals surface area contributed by atoms with Crippen molar-refractivity contribution in [3.05, 3.63) is 54.1 Å². The maximum Gasteiger partial charge on any atom is 0.267 e. The summed E-state index contributed by atoms with van der Waals surface area (Å²) >= 11 is 0. The van der Waals surface area contributed by atoms with E-state index >= 15 is 0 Å². The lowest BCUT2D eigenvalue weighted by molar-refractivity contribution is -0.122. The number of nitrogens with zero attached hydrogens (tertiary/aromatic N) is 1. The van der Waals surface area contributed by atoms with E-state index in [0.29, 0.717) is 22.7 Å². The molecule has 1 aliphatic rings. The highest BCUT2D eigenvalue weighted by Crippen LogP contribution is 2.34. The zero-order valence-electron chi connectivity index (χ0n) is 17.1. The average Bonchev–Trinajstić information content (AvgIpc) is 2.72. The van der Waals surface area contributed by atoms with Crippen LogP contribution in [0, 0.1) is 0 Å². The van der Waals surface area contributed by atoms with E-state index in [1.54, 1.807) is 48.5 Å². The molecule has 0 unspecified atom stereocenters. The van der Waals surface area contributed by atoms with Crippen molar-refractivity contribution in [2.45, 2.75) is 32.4 Å². The van der Waals surface area contributed by atoms with Crippen molar-refractivity contribution in [1.82, 2.24) is 5.32 Å². The molecule has 160 valence electrons. The highest BCUT2D eigenvalue weighted by atomic mass is 32.2. The fraction of sp³-hybridized carbons (Fsp3) is 0.333. The SMILES string of the molecule is CC[C@H](C)NC(=O)c1ccccc1NC(=O)[C@@H]1CN(S(C)(=O)=O)c2ccccc2O1. The lowest BCUT2D eigenvalue weighted by Gasteiger charge is -2.33. The molecule has 3 rings (SSSR count). The first-order valence-corrected chi connectivity index (χ1v) is 11.5. The van der Waals surface area contributed by atoms with Crippen molar-refractivity contribution in [1.29, 1.82) is 0 Å². The van der Waals surface area contributed by atoms with Gasteiger partial charge in [-0.3, -0.25) is 13.9 Å². The van der Waals surface area contributed by atoms with E-state index in [2.05, 4.69) is 10.6 Å². The second-order valence-electron chi connectivity index (χ2n) is 7.19. The molecule has 0 saturated carbocycles. The maximum absolute atomic E-state index is 12.9. The standard InChI is InChI=1S/C21H25N3O5S/c1-4-14(2)22-20(25)15-9-5-6-10-16(15)23-21(26)19-13-24(30(3,27)28)17-11-7-8-12-18(17)29-19/h5-12,14,19H,4,13H2,1-3H3,(H,22,25)(H,23,26)/t14-,19-/m0/s1. The van der Waals surface area contributed by atoms with E-state index in [4.69, 9.17) is 4.74 Å². The number of nitrogens with one attached hydrogen (secondary N) is 2. The number of rotatable bonds is 6. The van der Waals surface area contributed by atoms with Crippen LogP contribution in [0.3, 0.4) is 0 Å². The van der Waals surface area contributed by atoms with Crippen LogP contribution in [0.25, 0.3) is 0 Å². The number of carbonyl (C=O) groups excluding carboxylic acids is 2. The van der Waals surface area contributed by atoms with Gasteiger partial charge in [-0.15, -0.1) is 0 Å². The maximum atomic E-state index is 12.9. The summed E-state index contributed by atoms with van der Waals surface area (Å²) < 4.78 is 31.4. The quantitative estimate of drug-likeness (QED) is 0.731. The lowest BCUT2D eigenvalue weighted by atomic mass is 10.1. The van der Waals surface area contributed by atoms with E-state index in [0.717, 1.165) is 17.0 Å². The van der Waals surface area contributed by atoms with Crippen LogP contribution in [-0.2, 0) is 14.8 Å². The molecule has 0 aromatic heterocycles. The van der Waals surface area contributed by atoms with Gasteiger partial charge in [-0.05, 0) is 37.6 Å². The summed E-state index contributed by atoms with van der Waals surface area (Å²) in [5, 5.41) is 5.58. The third kappa shape index (κ3) is 4.73. The average molecular weight is 432 g/mol. The predicted molar refractivity (Wildman–Crippen MR) is 115 cm³/mol. The Hall–Kier alpha value is -3.07. The van der Waals surface area contributed by atoms with Gasteiger partial charge >= 0.3 is 0 Å². The van der Waals surface area contributed by atoms with Crippen LogP contribution in [0.2, 0.25) is 0 Å². The third-order valence-corrected chi connectivity index (χ3v) is 5.99. The van der Waals surface area contributed by atoms with Gasteiger partial charge in [-0.25, -0.2) is 8.42 Å². The lowest BCUT2D eigenvalue weighted by Crippen LogP contribution is -2.48. The van der Waals surface area contributed by atoms with Crippen LogP contribution in [0.1, 0.15) is 30.6 Å². The number of sulfonamides is 1. The van der Waals surface area contributed by atoms with E-state index < -0.39 is 22.0 Å². The van der Waals surface area contributed by atoms with Crippen LogP contribution >= 0.6 is 0 Å². The molecule has 0 radical (unpaired) electrons. The molecular weight excluding hydrogens is 406 g/mol. The molecule has 2 aromatic rings. The molecule has 0 aliphatic carbocycles. The number of carbonyl (C=O) groups is 2. The Kier molecular flexibility index (Phi) is 6.31. The monoisotopic (exact) mass is 431 g/mol. The van der Waals surface area contributed by atoms with Crippen molar-refractivity contribution in [2.75, 3.05) is 22.4 Å². The van der Waals surface area contributed by atoms with Gasteiger partial charge < -0.3 is 15.4 Å². The summed E-state index contributed by atoms with van der Waals surface area (Å²) in [7, 11) is -3.61. The fourth-order valence-electron chi connectivity index (χ4n) is 3.06. The number of fused-ring (bicyclic) bond motifs is 1. The van der Waals surface area contributed by atoms with Gasteiger partial charge in [0.1, 0.15) is 5.75 Å². The third-order valence-electron chi connectivity index (χ3n) is 4.85. The number of benzene rings is 2. The first-order chi connectivity index (χ1) is 14.2. The Labute approximate surface area is 176 Å². The van der Waals surface area contributed by atoms with E-state index in [1.807, 2.05) is 13.8 Å². The molecule has 1 heterocycles. The first-order valence-electron chi connectivity index (χ1n) is 9.65. The summed E-state index contributed by atoms with van der Waals surface area (Å²) in [6.07, 6.45) is 0.788. The Balaban J connectivity index is 1.83. The minimum atomic E-state index is -3.61. The van der Waals surface area contributed by atoms with Crippen LogP contribution in [0.4, 0.5) is 11.4 Å². The number of para-hydroxylation sites is 3. The number of hydrogen-bond acceptors (Lipinski definition) is 5. The molecule has 2 amide bonds. The largest absolute Gasteiger partial charge is 0.476 e. The Bertz CT molecular complexity index is 1050. The smallest absolute Gasteiger partial charge is 0.267 e. The van der Waals surface area contributed by atoms with E-state index in [1.165, 1.54) is 0 Å². The second-order valence-corrected chi connectivity index (χ2v) is 9.09. The summed E-state index contributed by atoms with van der Waals surface area (Å²) in [6.45, 7) is 3.69. The second kappa shape index (κ2) is 8.74. The van der Waals surface area contributed by atoms with Crippen LogP contribution in [0.5, 0.6) is 5.75 Å². The summed E-state index contributed by atoms with van der Waals surface area (Å²) in [6, 6.07) is 13.3. The topological polar surface area (TPSA) is 105 Å². The Morgan fingerprint density at radius 2 is 1.83 bits per heavy atom. The molecule has 9 heteroatoms. The van der Waals surface area contributed by atoms with E-state index in [-0.39, 0.29) is 18.5 Å². The van der Waals surface area contributed by atoms with Crippen molar-refractivity contribution in [2.24, 2.45) is 0 Å². The zero-order chi connectivity index (χ0) is 21.9. The van der Waals surface area contributed by atoms with Crippen molar-refractivity contribution in [3.8, 4) is 5.75 Å². The molecule has 2 atom stereocenters. The predicted octanol–water partition coefficient (Wildman–Crippen LogP) is 2.38. The van der Waals surface area contributed by atoms with E-state index in [9.17, 15) is 18.0 Å². The molecule has 0 fully saturated rings. The molecule has 2 N–H and O–H groups in total. The molecule has 0 saturated heterocycles.